The van der Waals surface area contributed by atoms with E-state index in [0.29, 0.717) is 11.4 Å². The number of carboxylic acid groups (broad SMARTS) is 1. The normalized spacial score (nSPS) is 19.1. The van der Waals surface area contributed by atoms with Gasteiger partial charge in [0.05, 0.1) is 6.04 Å². The van der Waals surface area contributed by atoms with Crippen LogP contribution < -0.4 is 0 Å². The number of fused-ring (bicyclic) bond motifs is 1. The molecule has 0 amide bonds. The second-order valence-electron chi connectivity index (χ2n) is 7.11. The molecule has 1 heterocycles. The Balaban J connectivity index is 1.90. The number of carbonyl (C=O) groups is 1. The first-order chi connectivity index (χ1) is 13.1. The third-order valence-electron chi connectivity index (χ3n) is 5.46. The van der Waals surface area contributed by atoms with Crippen LogP contribution in [0.2, 0.25) is 5.02 Å². The van der Waals surface area contributed by atoms with Gasteiger partial charge < -0.3 is 5.11 Å². The van der Waals surface area contributed by atoms with Crippen molar-refractivity contribution in [2.24, 2.45) is 0 Å². The topological polar surface area (TPSA) is 40.5 Å². The van der Waals surface area contributed by atoms with E-state index in [1.54, 1.807) is 0 Å². The fourth-order valence-corrected chi connectivity index (χ4v) is 4.34. The van der Waals surface area contributed by atoms with E-state index in [4.69, 9.17) is 11.6 Å². The maximum absolute atomic E-state index is 12.0. The summed E-state index contributed by atoms with van der Waals surface area (Å²) in [6, 6.07) is 21.8. The molecule has 0 bridgehead atoms. The molecule has 4 rings (SSSR count). The Kier molecular flexibility index (Phi) is 5.15. The van der Waals surface area contributed by atoms with Crippen LogP contribution in [0.3, 0.4) is 0 Å². The van der Waals surface area contributed by atoms with Gasteiger partial charge in [0.1, 0.15) is 6.04 Å². The summed E-state index contributed by atoms with van der Waals surface area (Å²) in [5.41, 5.74) is 2.22. The molecule has 0 radical (unpaired) electrons. The first-order valence-electron chi connectivity index (χ1n) is 9.37. The molecular weight excluding hydrogens is 358 g/mol. The Morgan fingerprint density at radius 1 is 1.00 bits per heavy atom. The molecule has 1 saturated heterocycles. The highest BCUT2D eigenvalue weighted by Gasteiger charge is 2.35. The second kappa shape index (κ2) is 7.71. The molecule has 3 aromatic rings. The van der Waals surface area contributed by atoms with E-state index in [2.05, 4.69) is 35.2 Å². The Bertz CT molecular complexity index is 949. The van der Waals surface area contributed by atoms with Crippen LogP contribution in [0.5, 0.6) is 0 Å². The minimum atomic E-state index is -0.742. The van der Waals surface area contributed by atoms with Crippen LogP contribution in [0, 0.1) is 0 Å². The van der Waals surface area contributed by atoms with E-state index in [1.807, 2.05) is 36.4 Å². The smallest absolute Gasteiger partial charge is 0.320 e. The van der Waals surface area contributed by atoms with E-state index in [0.717, 1.165) is 41.3 Å². The molecule has 3 nitrogen and oxygen atoms in total. The van der Waals surface area contributed by atoms with Gasteiger partial charge in [0, 0.05) is 5.02 Å². The van der Waals surface area contributed by atoms with Crippen LogP contribution >= 0.6 is 11.6 Å². The molecule has 4 heteroatoms. The summed E-state index contributed by atoms with van der Waals surface area (Å²) in [6.45, 7) is 0.771. The number of hydrogen-bond donors (Lipinski definition) is 1. The van der Waals surface area contributed by atoms with Crippen LogP contribution in [0.1, 0.15) is 36.4 Å². The van der Waals surface area contributed by atoms with Crippen molar-refractivity contribution in [3.8, 4) is 0 Å². The summed E-state index contributed by atoms with van der Waals surface area (Å²) in [5.74, 6) is -0.742. The predicted octanol–water partition coefficient (Wildman–Crippen LogP) is 5.52. The van der Waals surface area contributed by atoms with Crippen molar-refractivity contribution in [3.05, 3.63) is 82.9 Å². The first kappa shape index (κ1) is 18.0. The maximum Gasteiger partial charge on any atom is 0.320 e. The van der Waals surface area contributed by atoms with E-state index in [-0.39, 0.29) is 6.04 Å². The highest BCUT2D eigenvalue weighted by molar-refractivity contribution is 6.30. The van der Waals surface area contributed by atoms with Gasteiger partial charge in [-0.05, 0) is 53.4 Å². The third kappa shape index (κ3) is 3.58. The number of rotatable bonds is 4. The standard InChI is InChI=1S/C23H22ClNO2/c24-18-13-11-17(12-14-18)22(25-15-4-3-10-21(25)23(26)27)20-9-5-7-16-6-1-2-8-19(16)20/h1-2,5-9,11-14,21-22H,3-4,10,15H2,(H,26,27). The third-order valence-corrected chi connectivity index (χ3v) is 5.72. The number of halogens is 1. The molecular formula is C23H22ClNO2. The lowest BCUT2D eigenvalue weighted by molar-refractivity contribution is -0.145. The molecule has 0 spiro atoms. The minimum absolute atomic E-state index is 0.116. The van der Waals surface area contributed by atoms with Crippen LogP contribution in [0.15, 0.2) is 66.7 Å². The van der Waals surface area contributed by atoms with E-state index in [1.165, 1.54) is 0 Å². The average molecular weight is 380 g/mol. The minimum Gasteiger partial charge on any atom is -0.480 e. The second-order valence-corrected chi connectivity index (χ2v) is 7.55. The molecule has 1 aliphatic heterocycles. The summed E-state index contributed by atoms with van der Waals surface area (Å²) in [4.78, 5) is 14.1. The monoisotopic (exact) mass is 379 g/mol. The number of aliphatic carboxylic acids is 1. The SMILES string of the molecule is O=C(O)C1CCCCN1C(c1ccc(Cl)cc1)c1cccc2ccccc12. The van der Waals surface area contributed by atoms with Crippen molar-refractivity contribution in [2.75, 3.05) is 6.54 Å². The van der Waals surface area contributed by atoms with E-state index in [9.17, 15) is 9.90 Å². The van der Waals surface area contributed by atoms with Gasteiger partial charge in [-0.1, -0.05) is 72.6 Å². The van der Waals surface area contributed by atoms with Crippen molar-refractivity contribution < 1.29 is 9.90 Å². The highest BCUT2D eigenvalue weighted by Crippen LogP contribution is 2.37. The molecule has 27 heavy (non-hydrogen) atoms. The Morgan fingerprint density at radius 3 is 2.52 bits per heavy atom. The van der Waals surface area contributed by atoms with Crippen molar-refractivity contribution >= 4 is 28.3 Å². The fraction of sp³-hybridized carbons (Fsp3) is 0.261. The zero-order chi connectivity index (χ0) is 18.8. The van der Waals surface area contributed by atoms with Crippen molar-refractivity contribution in [1.29, 1.82) is 0 Å². The zero-order valence-corrected chi connectivity index (χ0v) is 15.8. The molecule has 1 fully saturated rings. The number of benzene rings is 3. The molecule has 3 aromatic carbocycles. The van der Waals surface area contributed by atoms with E-state index >= 15 is 0 Å². The van der Waals surface area contributed by atoms with Crippen LogP contribution in [0.4, 0.5) is 0 Å². The van der Waals surface area contributed by atoms with Gasteiger partial charge in [-0.3, -0.25) is 9.69 Å². The number of piperidine rings is 1. The lowest BCUT2D eigenvalue weighted by Gasteiger charge is -2.40. The molecule has 138 valence electrons. The van der Waals surface area contributed by atoms with Gasteiger partial charge in [-0.2, -0.15) is 0 Å². The van der Waals surface area contributed by atoms with Gasteiger partial charge in [-0.15, -0.1) is 0 Å². The Labute approximate surface area is 164 Å². The van der Waals surface area contributed by atoms with Gasteiger partial charge >= 0.3 is 5.97 Å². The quantitative estimate of drug-likeness (QED) is 0.648. The van der Waals surface area contributed by atoms with Crippen LogP contribution in [0.25, 0.3) is 10.8 Å². The summed E-state index contributed by atoms with van der Waals surface area (Å²) < 4.78 is 0. The molecule has 2 atom stereocenters. The molecule has 2 unspecified atom stereocenters. The summed E-state index contributed by atoms with van der Waals surface area (Å²) in [5, 5.41) is 12.9. The highest BCUT2D eigenvalue weighted by atomic mass is 35.5. The van der Waals surface area contributed by atoms with Crippen molar-refractivity contribution in [3.63, 3.8) is 0 Å². The predicted molar refractivity (Wildman–Crippen MR) is 109 cm³/mol. The van der Waals surface area contributed by atoms with E-state index < -0.39 is 12.0 Å². The molecule has 1 aliphatic rings. The van der Waals surface area contributed by atoms with Crippen LogP contribution in [-0.2, 0) is 4.79 Å². The molecule has 1 N–H and O–H groups in total. The molecule has 0 saturated carbocycles. The number of nitrogens with zero attached hydrogens (tertiary/aromatic N) is 1. The summed E-state index contributed by atoms with van der Waals surface area (Å²) in [6.07, 6.45) is 2.65. The van der Waals surface area contributed by atoms with Crippen molar-refractivity contribution in [2.45, 2.75) is 31.3 Å². The summed E-state index contributed by atoms with van der Waals surface area (Å²) >= 11 is 6.11. The number of carboxylic acids is 1. The fourth-order valence-electron chi connectivity index (χ4n) is 4.21. The summed E-state index contributed by atoms with van der Waals surface area (Å²) in [7, 11) is 0. The largest absolute Gasteiger partial charge is 0.480 e. The van der Waals surface area contributed by atoms with Gasteiger partial charge in [-0.25, -0.2) is 0 Å². The lowest BCUT2D eigenvalue weighted by Crippen LogP contribution is -2.46. The first-order valence-corrected chi connectivity index (χ1v) is 9.74. The van der Waals surface area contributed by atoms with Gasteiger partial charge in [0.25, 0.3) is 0 Å². The average Bonchev–Trinajstić information content (AvgIpc) is 2.70. The number of likely N-dealkylation sites (tertiary alicyclic amines) is 1. The van der Waals surface area contributed by atoms with Gasteiger partial charge in [0.15, 0.2) is 0 Å². The van der Waals surface area contributed by atoms with Crippen LogP contribution in [-0.4, -0.2) is 28.6 Å². The Morgan fingerprint density at radius 2 is 1.74 bits per heavy atom. The molecule has 0 aromatic heterocycles. The van der Waals surface area contributed by atoms with Gasteiger partial charge in [0.2, 0.25) is 0 Å². The zero-order valence-electron chi connectivity index (χ0n) is 15.0. The number of hydrogen-bond acceptors (Lipinski definition) is 2. The maximum atomic E-state index is 12.0. The lowest BCUT2D eigenvalue weighted by atomic mass is 9.89. The molecule has 0 aliphatic carbocycles. The van der Waals surface area contributed by atoms with Crippen molar-refractivity contribution in [1.82, 2.24) is 4.90 Å². The Hall–Kier alpha value is -2.36.